The summed E-state index contributed by atoms with van der Waals surface area (Å²) in [5.41, 5.74) is 18.1. The van der Waals surface area contributed by atoms with Crippen molar-refractivity contribution in [3.8, 4) is 11.1 Å². The van der Waals surface area contributed by atoms with Crippen molar-refractivity contribution >= 4 is 11.4 Å². The van der Waals surface area contributed by atoms with E-state index >= 15 is 0 Å². The van der Waals surface area contributed by atoms with Crippen LogP contribution in [0.3, 0.4) is 0 Å². The van der Waals surface area contributed by atoms with E-state index < -0.39 is 0 Å². The summed E-state index contributed by atoms with van der Waals surface area (Å²) in [5, 5.41) is 0. The first-order valence-corrected chi connectivity index (χ1v) is 8.60. The highest BCUT2D eigenvalue weighted by molar-refractivity contribution is 5.63. The second-order valence-electron chi connectivity index (χ2n) is 6.90. The molecule has 25 heavy (non-hydrogen) atoms. The second-order valence-corrected chi connectivity index (χ2v) is 6.90. The third-order valence-electron chi connectivity index (χ3n) is 5.06. The standard InChI is InChI=1S/C22H21FN2/c23-18-7-5-16(6-8-18)15-3-1-14(2-4-15)11-17-12-21(17)20-10-9-19(24)13-22(20)25/h1-10,13,17,21H,11-12,24-25H2. The summed E-state index contributed by atoms with van der Waals surface area (Å²) in [6, 6.07) is 21.0. The highest BCUT2D eigenvalue weighted by Gasteiger charge is 2.39. The molecule has 2 nitrogen and oxygen atoms in total. The summed E-state index contributed by atoms with van der Waals surface area (Å²) >= 11 is 0. The summed E-state index contributed by atoms with van der Waals surface area (Å²) in [4.78, 5) is 0. The number of halogens is 1. The number of nitrogens with two attached hydrogens (primary N) is 2. The molecule has 1 aliphatic rings. The van der Waals surface area contributed by atoms with Crippen LogP contribution in [0.1, 0.15) is 23.5 Å². The zero-order chi connectivity index (χ0) is 17.4. The van der Waals surface area contributed by atoms with Crippen LogP contribution in [0.2, 0.25) is 0 Å². The van der Waals surface area contributed by atoms with Crippen LogP contribution in [0.5, 0.6) is 0 Å². The van der Waals surface area contributed by atoms with Gasteiger partial charge in [-0.15, -0.1) is 0 Å². The molecule has 0 radical (unpaired) electrons. The molecule has 4 N–H and O–H groups in total. The van der Waals surface area contributed by atoms with Gasteiger partial charge in [-0.2, -0.15) is 0 Å². The van der Waals surface area contributed by atoms with Crippen LogP contribution in [0.15, 0.2) is 66.7 Å². The molecule has 2 atom stereocenters. The van der Waals surface area contributed by atoms with Crippen LogP contribution in [0, 0.1) is 11.7 Å². The van der Waals surface area contributed by atoms with Gasteiger partial charge in [-0.05, 0) is 71.2 Å². The minimum absolute atomic E-state index is 0.206. The quantitative estimate of drug-likeness (QED) is 0.660. The smallest absolute Gasteiger partial charge is 0.123 e. The van der Waals surface area contributed by atoms with Gasteiger partial charge in [-0.25, -0.2) is 4.39 Å². The molecule has 2 unspecified atom stereocenters. The Morgan fingerprint density at radius 2 is 1.48 bits per heavy atom. The Morgan fingerprint density at radius 3 is 2.12 bits per heavy atom. The van der Waals surface area contributed by atoms with Gasteiger partial charge >= 0.3 is 0 Å². The van der Waals surface area contributed by atoms with Crippen LogP contribution < -0.4 is 11.5 Å². The van der Waals surface area contributed by atoms with Gasteiger partial charge in [0.15, 0.2) is 0 Å². The Morgan fingerprint density at radius 1 is 0.840 bits per heavy atom. The van der Waals surface area contributed by atoms with E-state index in [9.17, 15) is 4.39 Å². The van der Waals surface area contributed by atoms with Crippen LogP contribution in [0.25, 0.3) is 11.1 Å². The van der Waals surface area contributed by atoms with Crippen LogP contribution in [-0.4, -0.2) is 0 Å². The summed E-state index contributed by atoms with van der Waals surface area (Å²) in [6.07, 6.45) is 2.23. The van der Waals surface area contributed by atoms with Gasteiger partial charge in [0.25, 0.3) is 0 Å². The van der Waals surface area contributed by atoms with Crippen molar-refractivity contribution < 1.29 is 4.39 Å². The van der Waals surface area contributed by atoms with E-state index in [1.165, 1.54) is 29.7 Å². The Balaban J connectivity index is 1.43. The van der Waals surface area contributed by atoms with Crippen molar-refractivity contribution in [3.63, 3.8) is 0 Å². The minimum atomic E-state index is -0.206. The lowest BCUT2D eigenvalue weighted by molar-refractivity contribution is 0.628. The molecule has 0 aliphatic heterocycles. The Bertz CT molecular complexity index is 885. The molecule has 3 aromatic rings. The maximum absolute atomic E-state index is 13.0. The van der Waals surface area contributed by atoms with Crippen LogP contribution in [0.4, 0.5) is 15.8 Å². The van der Waals surface area contributed by atoms with E-state index in [2.05, 4.69) is 30.3 Å². The lowest BCUT2D eigenvalue weighted by Gasteiger charge is -2.07. The Hall–Kier alpha value is -2.81. The zero-order valence-corrected chi connectivity index (χ0v) is 14.0. The SMILES string of the molecule is Nc1ccc(C2CC2Cc2ccc(-c3ccc(F)cc3)cc2)c(N)c1. The first-order chi connectivity index (χ1) is 12.1. The van der Waals surface area contributed by atoms with Gasteiger partial charge in [0.1, 0.15) is 5.82 Å². The molecule has 1 fully saturated rings. The predicted molar refractivity (Wildman–Crippen MR) is 102 cm³/mol. The number of hydrogen-bond donors (Lipinski definition) is 2. The summed E-state index contributed by atoms with van der Waals surface area (Å²) in [6.45, 7) is 0. The van der Waals surface area contributed by atoms with E-state index in [0.29, 0.717) is 11.8 Å². The van der Waals surface area contributed by atoms with Crippen LogP contribution in [-0.2, 0) is 6.42 Å². The van der Waals surface area contributed by atoms with Crippen LogP contribution >= 0.6 is 0 Å². The lowest BCUT2D eigenvalue weighted by Crippen LogP contribution is -1.97. The fourth-order valence-corrected chi connectivity index (χ4v) is 3.56. The average Bonchev–Trinajstić information content (AvgIpc) is 3.35. The molecular formula is C22H21FN2. The van der Waals surface area contributed by atoms with E-state index in [0.717, 1.165) is 28.9 Å². The van der Waals surface area contributed by atoms with Crippen molar-refractivity contribution in [2.24, 2.45) is 5.92 Å². The molecule has 0 aromatic heterocycles. The zero-order valence-electron chi connectivity index (χ0n) is 14.0. The number of hydrogen-bond acceptors (Lipinski definition) is 2. The number of rotatable bonds is 4. The molecule has 0 spiro atoms. The van der Waals surface area contributed by atoms with Gasteiger partial charge < -0.3 is 11.5 Å². The fourth-order valence-electron chi connectivity index (χ4n) is 3.56. The van der Waals surface area contributed by atoms with E-state index in [1.54, 1.807) is 0 Å². The molecule has 0 bridgehead atoms. The fraction of sp³-hybridized carbons (Fsp3) is 0.182. The average molecular weight is 332 g/mol. The molecule has 0 heterocycles. The van der Waals surface area contributed by atoms with Crippen molar-refractivity contribution in [2.75, 3.05) is 11.5 Å². The molecule has 126 valence electrons. The molecule has 3 aromatic carbocycles. The maximum Gasteiger partial charge on any atom is 0.123 e. The van der Waals surface area contributed by atoms with Gasteiger partial charge in [-0.3, -0.25) is 0 Å². The third-order valence-corrected chi connectivity index (χ3v) is 5.06. The van der Waals surface area contributed by atoms with Gasteiger partial charge in [0.05, 0.1) is 0 Å². The first kappa shape index (κ1) is 15.7. The molecule has 4 rings (SSSR count). The summed E-state index contributed by atoms with van der Waals surface area (Å²) < 4.78 is 13.0. The molecule has 1 aliphatic carbocycles. The van der Waals surface area contributed by atoms with Crippen molar-refractivity contribution in [1.29, 1.82) is 0 Å². The Labute approximate surface area is 147 Å². The largest absolute Gasteiger partial charge is 0.399 e. The van der Waals surface area contributed by atoms with Gasteiger partial charge in [0, 0.05) is 11.4 Å². The maximum atomic E-state index is 13.0. The lowest BCUT2D eigenvalue weighted by atomic mass is 10.00. The molecular weight excluding hydrogens is 311 g/mol. The molecule has 3 heteroatoms. The number of nitrogen functional groups attached to an aromatic ring is 2. The van der Waals surface area contributed by atoms with Gasteiger partial charge in [-0.1, -0.05) is 42.5 Å². The summed E-state index contributed by atoms with van der Waals surface area (Å²) in [5.74, 6) is 0.974. The second kappa shape index (κ2) is 6.25. The molecule has 0 amide bonds. The van der Waals surface area contributed by atoms with Crippen molar-refractivity contribution in [1.82, 2.24) is 0 Å². The molecule has 1 saturated carbocycles. The van der Waals surface area contributed by atoms with E-state index in [4.69, 9.17) is 11.5 Å². The third kappa shape index (κ3) is 3.36. The summed E-state index contributed by atoms with van der Waals surface area (Å²) in [7, 11) is 0. The number of anilines is 2. The molecule has 0 saturated heterocycles. The number of benzene rings is 3. The van der Waals surface area contributed by atoms with Crippen molar-refractivity contribution in [2.45, 2.75) is 18.8 Å². The first-order valence-electron chi connectivity index (χ1n) is 8.60. The topological polar surface area (TPSA) is 52.0 Å². The van der Waals surface area contributed by atoms with Crippen molar-refractivity contribution in [3.05, 3.63) is 83.7 Å². The van der Waals surface area contributed by atoms with E-state index in [-0.39, 0.29) is 5.82 Å². The predicted octanol–water partition coefficient (Wildman–Crippen LogP) is 5.00. The highest BCUT2D eigenvalue weighted by Crippen LogP contribution is 2.51. The Kier molecular flexibility index (Phi) is 3.92. The van der Waals surface area contributed by atoms with Gasteiger partial charge in [0.2, 0.25) is 0 Å². The van der Waals surface area contributed by atoms with E-state index in [1.807, 2.05) is 24.3 Å². The minimum Gasteiger partial charge on any atom is -0.399 e. The normalized spacial score (nSPS) is 18.9. The monoisotopic (exact) mass is 332 g/mol. The highest BCUT2D eigenvalue weighted by atomic mass is 19.1.